The summed E-state index contributed by atoms with van der Waals surface area (Å²) in [6, 6.07) is 7.71. The highest BCUT2D eigenvalue weighted by molar-refractivity contribution is 6.16. The predicted octanol–water partition coefficient (Wildman–Crippen LogP) is 3.63. The van der Waals surface area contributed by atoms with Gasteiger partial charge in [-0.2, -0.15) is 0 Å². The number of benzene rings is 2. The minimum atomic E-state index is -1.43. The quantitative estimate of drug-likeness (QED) is 0.501. The molecule has 0 bridgehead atoms. The molecule has 0 unspecified atom stereocenters. The first-order valence-corrected chi connectivity index (χ1v) is 9.40. The van der Waals surface area contributed by atoms with Crippen LogP contribution in [0, 0.1) is 22.9 Å². The van der Waals surface area contributed by atoms with Crippen molar-refractivity contribution < 1.29 is 27.5 Å². The Morgan fingerprint density at radius 3 is 2.28 bits per heavy atom. The maximum Gasteiger partial charge on any atom is 0.240 e. The van der Waals surface area contributed by atoms with E-state index in [4.69, 9.17) is 10.5 Å². The zero-order valence-corrected chi connectivity index (χ0v) is 16.4. The van der Waals surface area contributed by atoms with Gasteiger partial charge < -0.3 is 21.1 Å². The SMILES string of the molecule is Nc1cc(Oc2cc(F)c(NC(=O)C3(C(=O)Nc4ccc(F)cc4)CC3)cc2F)ncn1. The van der Waals surface area contributed by atoms with Gasteiger partial charge in [0.15, 0.2) is 17.4 Å². The van der Waals surface area contributed by atoms with Crippen LogP contribution in [0.1, 0.15) is 12.8 Å². The van der Waals surface area contributed by atoms with Crippen molar-refractivity contribution in [2.45, 2.75) is 12.8 Å². The van der Waals surface area contributed by atoms with Gasteiger partial charge in [-0.3, -0.25) is 9.59 Å². The second-order valence-corrected chi connectivity index (χ2v) is 7.14. The van der Waals surface area contributed by atoms with Gasteiger partial charge in [-0.15, -0.1) is 0 Å². The molecule has 8 nitrogen and oxygen atoms in total. The van der Waals surface area contributed by atoms with E-state index in [0.717, 1.165) is 30.6 Å². The third-order valence-electron chi connectivity index (χ3n) is 4.87. The molecule has 0 radical (unpaired) electrons. The lowest BCUT2D eigenvalue weighted by molar-refractivity contribution is -0.131. The zero-order valence-electron chi connectivity index (χ0n) is 16.4. The number of carbonyl (C=O) groups is 2. The Morgan fingerprint density at radius 2 is 1.62 bits per heavy atom. The van der Waals surface area contributed by atoms with E-state index in [1.54, 1.807) is 0 Å². The average molecular weight is 443 g/mol. The average Bonchev–Trinajstić information content (AvgIpc) is 3.56. The van der Waals surface area contributed by atoms with E-state index < -0.39 is 46.1 Å². The number of rotatable bonds is 6. The van der Waals surface area contributed by atoms with Crippen LogP contribution in [0.25, 0.3) is 0 Å². The summed E-state index contributed by atoms with van der Waals surface area (Å²) in [5.74, 6) is -4.33. The van der Waals surface area contributed by atoms with Crippen molar-refractivity contribution in [3.8, 4) is 11.6 Å². The second kappa shape index (κ2) is 8.17. The summed E-state index contributed by atoms with van der Waals surface area (Å²) < 4.78 is 47.1. The Morgan fingerprint density at radius 1 is 0.938 bits per heavy atom. The molecule has 2 amide bonds. The lowest BCUT2D eigenvalue weighted by Crippen LogP contribution is -2.35. The molecule has 2 aromatic carbocycles. The first-order chi connectivity index (χ1) is 15.3. The number of nitrogens with zero attached hydrogens (tertiary/aromatic N) is 2. The van der Waals surface area contributed by atoms with E-state index in [0.29, 0.717) is 5.69 Å². The molecular weight excluding hydrogens is 427 g/mol. The fourth-order valence-electron chi connectivity index (χ4n) is 2.93. The molecule has 1 heterocycles. The van der Waals surface area contributed by atoms with Crippen LogP contribution in [0.4, 0.5) is 30.4 Å². The van der Waals surface area contributed by atoms with Crippen molar-refractivity contribution in [1.82, 2.24) is 9.97 Å². The first kappa shape index (κ1) is 21.1. The van der Waals surface area contributed by atoms with Crippen molar-refractivity contribution in [2.24, 2.45) is 5.41 Å². The molecule has 1 fully saturated rings. The summed E-state index contributed by atoms with van der Waals surface area (Å²) >= 11 is 0. The highest BCUT2D eigenvalue weighted by Crippen LogP contribution is 2.47. The molecule has 1 saturated carbocycles. The second-order valence-electron chi connectivity index (χ2n) is 7.14. The normalized spacial score (nSPS) is 13.8. The molecule has 32 heavy (non-hydrogen) atoms. The molecule has 4 N–H and O–H groups in total. The van der Waals surface area contributed by atoms with E-state index >= 15 is 0 Å². The van der Waals surface area contributed by atoms with E-state index in [1.807, 2.05) is 0 Å². The molecule has 4 rings (SSSR count). The Kier molecular flexibility index (Phi) is 5.39. The van der Waals surface area contributed by atoms with Crippen molar-refractivity contribution in [3.63, 3.8) is 0 Å². The summed E-state index contributed by atoms with van der Waals surface area (Å²) in [5.41, 5.74) is 3.91. The van der Waals surface area contributed by atoms with Gasteiger partial charge in [0.2, 0.25) is 17.7 Å². The predicted molar refractivity (Wildman–Crippen MR) is 108 cm³/mol. The van der Waals surface area contributed by atoms with E-state index in [-0.39, 0.29) is 24.5 Å². The molecular formula is C21H16F3N5O3. The van der Waals surface area contributed by atoms with E-state index in [1.165, 1.54) is 18.2 Å². The maximum absolute atomic E-state index is 14.5. The standard InChI is InChI=1S/C21H16F3N5O3/c22-11-1-3-12(4-2-11)28-19(30)21(5-6-21)20(31)29-15-7-14(24)16(8-13(15)23)32-18-9-17(25)26-10-27-18/h1-4,7-10H,5-6H2,(H,28,30)(H,29,31)(H2,25,26,27). The molecule has 0 spiro atoms. The van der Waals surface area contributed by atoms with Crippen LogP contribution in [0.3, 0.4) is 0 Å². The van der Waals surface area contributed by atoms with Gasteiger partial charge in [0, 0.05) is 23.9 Å². The highest BCUT2D eigenvalue weighted by atomic mass is 19.1. The highest BCUT2D eigenvalue weighted by Gasteiger charge is 2.56. The number of aromatic nitrogens is 2. The Labute approximate surface area is 179 Å². The van der Waals surface area contributed by atoms with Gasteiger partial charge in [-0.1, -0.05) is 0 Å². The Balaban J connectivity index is 1.47. The molecule has 11 heteroatoms. The number of ether oxygens (including phenoxy) is 1. The number of carbonyl (C=O) groups excluding carboxylic acids is 2. The molecule has 0 aliphatic heterocycles. The smallest absolute Gasteiger partial charge is 0.240 e. The number of hydrogen-bond donors (Lipinski definition) is 3. The number of amides is 2. The Hall–Kier alpha value is -4.15. The molecule has 164 valence electrons. The van der Waals surface area contributed by atoms with Crippen LogP contribution in [-0.2, 0) is 9.59 Å². The number of nitrogens with one attached hydrogen (secondary N) is 2. The molecule has 0 saturated heterocycles. The monoisotopic (exact) mass is 443 g/mol. The van der Waals surface area contributed by atoms with Gasteiger partial charge in [-0.05, 0) is 37.1 Å². The molecule has 0 atom stereocenters. The number of nitrogen functional groups attached to an aromatic ring is 1. The van der Waals surface area contributed by atoms with E-state index in [2.05, 4.69) is 20.6 Å². The molecule has 1 aliphatic rings. The molecule has 3 aromatic rings. The first-order valence-electron chi connectivity index (χ1n) is 9.40. The summed E-state index contributed by atoms with van der Waals surface area (Å²) in [4.78, 5) is 32.7. The van der Waals surface area contributed by atoms with Crippen LogP contribution in [0.15, 0.2) is 48.8 Å². The van der Waals surface area contributed by atoms with Gasteiger partial charge in [-0.25, -0.2) is 23.1 Å². The summed E-state index contributed by atoms with van der Waals surface area (Å²) in [6.07, 6.45) is 1.55. The number of nitrogens with two attached hydrogens (primary N) is 1. The largest absolute Gasteiger partial charge is 0.436 e. The summed E-state index contributed by atoms with van der Waals surface area (Å²) in [6.45, 7) is 0. The number of halogens is 3. The minimum Gasteiger partial charge on any atom is -0.436 e. The topological polar surface area (TPSA) is 119 Å². The minimum absolute atomic E-state index is 0.0772. The lowest BCUT2D eigenvalue weighted by atomic mass is 10.0. The molecule has 1 aromatic heterocycles. The van der Waals surface area contributed by atoms with Crippen molar-refractivity contribution in [2.75, 3.05) is 16.4 Å². The van der Waals surface area contributed by atoms with Crippen LogP contribution in [-0.4, -0.2) is 21.8 Å². The number of anilines is 3. The van der Waals surface area contributed by atoms with Gasteiger partial charge in [0.05, 0.1) is 5.69 Å². The van der Waals surface area contributed by atoms with Gasteiger partial charge in [0.25, 0.3) is 0 Å². The summed E-state index contributed by atoms with van der Waals surface area (Å²) in [7, 11) is 0. The van der Waals surface area contributed by atoms with Crippen molar-refractivity contribution in [1.29, 1.82) is 0 Å². The van der Waals surface area contributed by atoms with Crippen molar-refractivity contribution in [3.05, 3.63) is 66.2 Å². The number of hydrogen-bond acceptors (Lipinski definition) is 6. The molecule has 1 aliphatic carbocycles. The lowest BCUT2D eigenvalue weighted by Gasteiger charge is -2.16. The zero-order chi connectivity index (χ0) is 22.9. The fourth-order valence-corrected chi connectivity index (χ4v) is 2.93. The Bertz CT molecular complexity index is 1200. The third kappa shape index (κ3) is 4.31. The van der Waals surface area contributed by atoms with Gasteiger partial charge in [0.1, 0.15) is 23.4 Å². The van der Waals surface area contributed by atoms with Crippen LogP contribution in [0.2, 0.25) is 0 Å². The fraction of sp³-hybridized carbons (Fsp3) is 0.143. The summed E-state index contributed by atoms with van der Waals surface area (Å²) in [5, 5.41) is 4.78. The third-order valence-corrected chi connectivity index (χ3v) is 4.87. The van der Waals surface area contributed by atoms with Crippen molar-refractivity contribution >= 4 is 29.0 Å². The van der Waals surface area contributed by atoms with E-state index in [9.17, 15) is 22.8 Å². The van der Waals surface area contributed by atoms with Crippen LogP contribution >= 0.6 is 0 Å². The van der Waals surface area contributed by atoms with Crippen LogP contribution in [0.5, 0.6) is 11.6 Å². The van der Waals surface area contributed by atoms with Crippen LogP contribution < -0.4 is 21.1 Å². The maximum atomic E-state index is 14.5. The van der Waals surface area contributed by atoms with Gasteiger partial charge >= 0.3 is 0 Å².